The van der Waals surface area contributed by atoms with Gasteiger partial charge in [0, 0.05) is 17.8 Å². The fraction of sp³-hybridized carbons (Fsp3) is 0.0741. The summed E-state index contributed by atoms with van der Waals surface area (Å²) in [5.74, 6) is 0.374. The normalized spacial score (nSPS) is 11.3. The van der Waals surface area contributed by atoms with Crippen LogP contribution in [0.1, 0.15) is 11.1 Å². The van der Waals surface area contributed by atoms with E-state index in [-0.39, 0.29) is 23.1 Å². The highest BCUT2D eigenvalue weighted by Gasteiger charge is 2.22. The minimum Gasteiger partial charge on any atom is -0.487 e. The van der Waals surface area contributed by atoms with Gasteiger partial charge in [0.1, 0.15) is 22.8 Å². The summed E-state index contributed by atoms with van der Waals surface area (Å²) in [5.41, 5.74) is 3.52. The molecule has 0 radical (unpaired) electrons. The molecule has 3 heterocycles. The Morgan fingerprint density at radius 1 is 0.857 bits per heavy atom. The predicted molar refractivity (Wildman–Crippen MR) is 136 cm³/mol. The molecule has 0 saturated carbocycles. The highest BCUT2D eigenvalue weighted by atomic mass is 32.2. The summed E-state index contributed by atoms with van der Waals surface area (Å²) in [6.07, 6.45) is 3.28. The summed E-state index contributed by atoms with van der Waals surface area (Å²) in [6.45, 7) is 2.17. The van der Waals surface area contributed by atoms with Crippen molar-refractivity contribution in [3.05, 3.63) is 108 Å². The Morgan fingerprint density at radius 2 is 1.60 bits per heavy atom. The second-order valence-corrected chi connectivity index (χ2v) is 9.58. The highest BCUT2D eigenvalue weighted by molar-refractivity contribution is 7.92. The molecule has 7 nitrogen and oxygen atoms in total. The van der Waals surface area contributed by atoms with Gasteiger partial charge in [0.2, 0.25) is 0 Å². The summed E-state index contributed by atoms with van der Waals surface area (Å²) >= 11 is 0. The Labute approximate surface area is 203 Å². The summed E-state index contributed by atoms with van der Waals surface area (Å²) in [4.78, 5) is 13.4. The third-order valence-electron chi connectivity index (χ3n) is 5.45. The highest BCUT2D eigenvalue weighted by Crippen LogP contribution is 2.31. The van der Waals surface area contributed by atoms with Crippen molar-refractivity contribution < 1.29 is 13.2 Å². The first-order chi connectivity index (χ1) is 17.0. The molecule has 0 fully saturated rings. The van der Waals surface area contributed by atoms with E-state index >= 15 is 0 Å². The first-order valence-corrected chi connectivity index (χ1v) is 12.5. The molecule has 5 rings (SSSR count). The zero-order valence-corrected chi connectivity index (χ0v) is 19.7. The molecule has 0 bridgehead atoms. The largest absolute Gasteiger partial charge is 0.487 e. The van der Waals surface area contributed by atoms with Crippen LogP contribution >= 0.6 is 0 Å². The quantitative estimate of drug-likeness (QED) is 0.335. The molecular weight excluding hydrogens is 460 g/mol. The fourth-order valence-electron chi connectivity index (χ4n) is 3.74. The van der Waals surface area contributed by atoms with Gasteiger partial charge in [-0.1, -0.05) is 54.6 Å². The predicted octanol–water partition coefficient (Wildman–Crippen LogP) is 5.38. The van der Waals surface area contributed by atoms with E-state index in [2.05, 4.69) is 19.7 Å². The van der Waals surface area contributed by atoms with E-state index in [0.717, 1.165) is 16.5 Å². The number of aromatic nitrogens is 3. The number of hydrogen-bond donors (Lipinski definition) is 1. The number of hydrogen-bond acceptors (Lipinski definition) is 6. The lowest BCUT2D eigenvalue weighted by molar-refractivity contribution is 0.298. The molecule has 0 spiro atoms. The molecule has 0 unspecified atom stereocenters. The minimum atomic E-state index is -4.05. The SMILES string of the molecule is Cc1cccnc1-c1cc2cccnc2c(NS(=O)(=O)c2ccccc2OCc2ccccc2)n1. The molecule has 0 aliphatic heterocycles. The van der Waals surface area contributed by atoms with E-state index in [9.17, 15) is 8.42 Å². The topological polar surface area (TPSA) is 94.1 Å². The zero-order valence-electron chi connectivity index (χ0n) is 18.9. The summed E-state index contributed by atoms with van der Waals surface area (Å²) in [6, 6.07) is 25.4. The average molecular weight is 483 g/mol. The van der Waals surface area contributed by atoms with E-state index in [0.29, 0.717) is 16.9 Å². The number of ether oxygens (including phenoxy) is 1. The maximum absolute atomic E-state index is 13.5. The third-order valence-corrected chi connectivity index (χ3v) is 6.83. The van der Waals surface area contributed by atoms with Crippen LogP contribution in [0.4, 0.5) is 5.82 Å². The molecule has 0 aliphatic carbocycles. The van der Waals surface area contributed by atoms with Crippen LogP contribution in [0.3, 0.4) is 0 Å². The number of aryl methyl sites for hydroxylation is 1. The number of rotatable bonds is 7. The van der Waals surface area contributed by atoms with Crippen molar-refractivity contribution >= 4 is 26.7 Å². The Balaban J connectivity index is 1.53. The number of fused-ring (bicyclic) bond motifs is 1. The van der Waals surface area contributed by atoms with Crippen molar-refractivity contribution in [2.45, 2.75) is 18.4 Å². The monoisotopic (exact) mass is 482 g/mol. The van der Waals surface area contributed by atoms with Crippen LogP contribution in [0.25, 0.3) is 22.3 Å². The van der Waals surface area contributed by atoms with Crippen LogP contribution in [0.2, 0.25) is 0 Å². The van der Waals surface area contributed by atoms with Crippen LogP contribution in [-0.4, -0.2) is 23.4 Å². The summed E-state index contributed by atoms with van der Waals surface area (Å²) < 4.78 is 35.6. The van der Waals surface area contributed by atoms with Gasteiger partial charge in [0.25, 0.3) is 10.0 Å². The maximum atomic E-state index is 13.5. The Morgan fingerprint density at radius 3 is 2.43 bits per heavy atom. The lowest BCUT2D eigenvalue weighted by atomic mass is 10.1. The molecule has 5 aromatic rings. The van der Waals surface area contributed by atoms with Gasteiger partial charge in [0.15, 0.2) is 5.82 Å². The van der Waals surface area contributed by atoms with Crippen molar-refractivity contribution in [1.82, 2.24) is 15.0 Å². The Hall–Kier alpha value is -4.30. The van der Waals surface area contributed by atoms with Crippen LogP contribution < -0.4 is 9.46 Å². The second kappa shape index (κ2) is 9.52. The van der Waals surface area contributed by atoms with E-state index in [1.807, 2.05) is 61.5 Å². The van der Waals surface area contributed by atoms with Gasteiger partial charge in [-0.3, -0.25) is 14.7 Å². The molecule has 0 amide bonds. The molecule has 35 heavy (non-hydrogen) atoms. The molecule has 3 aromatic heterocycles. The molecule has 174 valence electrons. The third kappa shape index (κ3) is 4.83. The molecule has 0 atom stereocenters. The summed E-state index contributed by atoms with van der Waals surface area (Å²) in [7, 11) is -4.05. The minimum absolute atomic E-state index is 0.0150. The molecule has 0 saturated heterocycles. The van der Waals surface area contributed by atoms with Gasteiger partial charge in [-0.25, -0.2) is 13.4 Å². The van der Waals surface area contributed by atoms with Gasteiger partial charge in [0.05, 0.1) is 11.4 Å². The Bertz CT molecular complexity index is 1610. The van der Waals surface area contributed by atoms with Crippen molar-refractivity contribution in [2.24, 2.45) is 0 Å². The van der Waals surface area contributed by atoms with E-state index in [4.69, 9.17) is 4.74 Å². The smallest absolute Gasteiger partial charge is 0.266 e. The van der Waals surface area contributed by atoms with E-state index < -0.39 is 10.0 Å². The van der Waals surface area contributed by atoms with E-state index in [1.54, 1.807) is 36.7 Å². The molecule has 1 N–H and O–H groups in total. The number of para-hydroxylation sites is 1. The standard InChI is InChI=1S/C27H22N4O3S/c1-19-9-7-15-28-25(19)22-17-21-12-8-16-29-26(21)27(30-22)31-35(32,33)24-14-6-5-13-23(24)34-18-20-10-3-2-4-11-20/h2-17H,18H2,1H3,(H,30,31). The van der Waals surface area contributed by atoms with Gasteiger partial charge < -0.3 is 4.74 Å². The van der Waals surface area contributed by atoms with E-state index in [1.165, 1.54) is 6.07 Å². The molecular formula is C27H22N4O3S. The maximum Gasteiger partial charge on any atom is 0.266 e. The number of sulfonamides is 1. The van der Waals surface area contributed by atoms with Crippen molar-refractivity contribution in [3.63, 3.8) is 0 Å². The van der Waals surface area contributed by atoms with Crippen molar-refractivity contribution in [3.8, 4) is 17.1 Å². The number of benzene rings is 2. The number of anilines is 1. The fourth-order valence-corrected chi connectivity index (χ4v) is 4.90. The van der Waals surface area contributed by atoms with Crippen LogP contribution in [0, 0.1) is 6.92 Å². The van der Waals surface area contributed by atoms with Crippen LogP contribution in [0.5, 0.6) is 5.75 Å². The average Bonchev–Trinajstić information content (AvgIpc) is 2.88. The molecule has 0 aliphatic rings. The first-order valence-electron chi connectivity index (χ1n) is 11.0. The number of pyridine rings is 3. The van der Waals surface area contributed by atoms with Crippen LogP contribution in [0.15, 0.2) is 102 Å². The zero-order chi connectivity index (χ0) is 24.3. The number of nitrogens with zero attached hydrogens (tertiary/aromatic N) is 3. The lowest BCUT2D eigenvalue weighted by Gasteiger charge is -2.15. The van der Waals surface area contributed by atoms with Gasteiger partial charge in [-0.15, -0.1) is 0 Å². The molecule has 8 heteroatoms. The molecule has 2 aromatic carbocycles. The second-order valence-electron chi connectivity index (χ2n) is 7.93. The van der Waals surface area contributed by atoms with Gasteiger partial charge in [-0.05, 0) is 48.4 Å². The first kappa shape index (κ1) is 22.5. The van der Waals surface area contributed by atoms with Gasteiger partial charge in [-0.2, -0.15) is 0 Å². The lowest BCUT2D eigenvalue weighted by Crippen LogP contribution is -2.16. The Kier molecular flexibility index (Phi) is 6.12. The summed E-state index contributed by atoms with van der Waals surface area (Å²) in [5, 5.41) is 0.744. The van der Waals surface area contributed by atoms with Gasteiger partial charge >= 0.3 is 0 Å². The van der Waals surface area contributed by atoms with Crippen molar-refractivity contribution in [1.29, 1.82) is 0 Å². The van der Waals surface area contributed by atoms with Crippen LogP contribution in [-0.2, 0) is 16.6 Å². The van der Waals surface area contributed by atoms with Crippen molar-refractivity contribution in [2.75, 3.05) is 4.72 Å². The number of nitrogens with one attached hydrogen (secondary N) is 1.